The van der Waals surface area contributed by atoms with E-state index >= 15 is 0 Å². The molecule has 0 aliphatic heterocycles. The second-order valence-corrected chi connectivity index (χ2v) is 3.51. The lowest BCUT2D eigenvalue weighted by atomic mass is 10.2. The summed E-state index contributed by atoms with van der Waals surface area (Å²) in [5, 5.41) is 0. The Labute approximate surface area is 82.3 Å². The molecule has 0 atom stereocenters. The van der Waals surface area contributed by atoms with E-state index in [9.17, 15) is 4.79 Å². The quantitative estimate of drug-likeness (QED) is 0.548. The van der Waals surface area contributed by atoms with Crippen molar-refractivity contribution in [1.29, 1.82) is 0 Å². The number of hydrogen-bond acceptors (Lipinski definition) is 3. The SMILES string of the molecule is CSc1ccc(COC(C)=O)cc1. The molecule has 0 saturated carbocycles. The van der Waals surface area contributed by atoms with Gasteiger partial charge in [-0.05, 0) is 24.0 Å². The number of esters is 1. The molecule has 70 valence electrons. The second-order valence-electron chi connectivity index (χ2n) is 2.63. The van der Waals surface area contributed by atoms with Gasteiger partial charge in [0.2, 0.25) is 0 Å². The molecule has 0 fully saturated rings. The summed E-state index contributed by atoms with van der Waals surface area (Å²) in [6.07, 6.45) is 2.03. The molecule has 1 aromatic carbocycles. The molecular weight excluding hydrogens is 184 g/mol. The van der Waals surface area contributed by atoms with Crippen LogP contribution in [0.5, 0.6) is 0 Å². The third-order valence-corrected chi connectivity index (χ3v) is 2.34. The molecule has 0 unspecified atom stereocenters. The van der Waals surface area contributed by atoms with Gasteiger partial charge in [0.25, 0.3) is 0 Å². The highest BCUT2D eigenvalue weighted by Crippen LogP contribution is 2.15. The van der Waals surface area contributed by atoms with Gasteiger partial charge >= 0.3 is 5.97 Å². The van der Waals surface area contributed by atoms with Crippen molar-refractivity contribution in [2.24, 2.45) is 0 Å². The first-order chi connectivity index (χ1) is 6.22. The normalized spacial score (nSPS) is 9.69. The van der Waals surface area contributed by atoms with Crippen molar-refractivity contribution >= 4 is 17.7 Å². The molecule has 1 aromatic rings. The van der Waals surface area contributed by atoms with Gasteiger partial charge in [-0.3, -0.25) is 4.79 Å². The van der Waals surface area contributed by atoms with Crippen molar-refractivity contribution in [3.63, 3.8) is 0 Å². The third-order valence-electron chi connectivity index (χ3n) is 1.60. The van der Waals surface area contributed by atoms with E-state index in [4.69, 9.17) is 4.74 Å². The summed E-state index contributed by atoms with van der Waals surface area (Å²) in [4.78, 5) is 11.7. The Morgan fingerprint density at radius 1 is 1.38 bits per heavy atom. The van der Waals surface area contributed by atoms with Crippen molar-refractivity contribution < 1.29 is 9.53 Å². The molecule has 0 radical (unpaired) electrons. The van der Waals surface area contributed by atoms with Gasteiger partial charge in [0.15, 0.2) is 0 Å². The molecule has 0 N–H and O–H groups in total. The summed E-state index contributed by atoms with van der Waals surface area (Å²) >= 11 is 1.69. The maximum Gasteiger partial charge on any atom is 0.302 e. The Bertz CT molecular complexity index is 279. The topological polar surface area (TPSA) is 26.3 Å². The average molecular weight is 196 g/mol. The third kappa shape index (κ3) is 3.51. The molecule has 0 aromatic heterocycles. The van der Waals surface area contributed by atoms with Crippen LogP contribution in [0.1, 0.15) is 12.5 Å². The first-order valence-electron chi connectivity index (χ1n) is 3.98. The van der Waals surface area contributed by atoms with Crippen molar-refractivity contribution in [1.82, 2.24) is 0 Å². The van der Waals surface area contributed by atoms with E-state index < -0.39 is 0 Å². The Kier molecular flexibility index (Phi) is 3.83. The van der Waals surface area contributed by atoms with Crippen LogP contribution in [-0.2, 0) is 16.1 Å². The maximum atomic E-state index is 10.5. The van der Waals surface area contributed by atoms with Crippen molar-refractivity contribution in [3.05, 3.63) is 29.8 Å². The molecule has 0 spiro atoms. The van der Waals surface area contributed by atoms with Crippen LogP contribution < -0.4 is 0 Å². The first-order valence-corrected chi connectivity index (χ1v) is 5.21. The van der Waals surface area contributed by atoms with Crippen LogP contribution in [-0.4, -0.2) is 12.2 Å². The molecule has 0 aliphatic rings. The number of carbonyl (C=O) groups excluding carboxylic acids is 1. The van der Waals surface area contributed by atoms with E-state index in [1.54, 1.807) is 11.8 Å². The minimum Gasteiger partial charge on any atom is -0.461 e. The predicted molar refractivity (Wildman–Crippen MR) is 53.7 cm³/mol. The Morgan fingerprint density at radius 2 is 2.00 bits per heavy atom. The van der Waals surface area contributed by atoms with Crippen LogP contribution in [0.3, 0.4) is 0 Å². The Hall–Kier alpha value is -0.960. The van der Waals surface area contributed by atoms with Crippen molar-refractivity contribution in [3.8, 4) is 0 Å². The summed E-state index contributed by atoms with van der Waals surface area (Å²) in [5.74, 6) is -0.242. The van der Waals surface area contributed by atoms with Gasteiger partial charge in [-0.25, -0.2) is 0 Å². The zero-order valence-electron chi connectivity index (χ0n) is 7.74. The highest BCUT2D eigenvalue weighted by atomic mass is 32.2. The van der Waals surface area contributed by atoms with E-state index in [1.807, 2.05) is 30.5 Å². The smallest absolute Gasteiger partial charge is 0.302 e. The zero-order chi connectivity index (χ0) is 9.68. The Balaban J connectivity index is 2.54. The van der Waals surface area contributed by atoms with Crippen molar-refractivity contribution in [2.75, 3.05) is 6.26 Å². The van der Waals surface area contributed by atoms with Crippen LogP contribution in [0, 0.1) is 0 Å². The van der Waals surface area contributed by atoms with Gasteiger partial charge < -0.3 is 4.74 Å². The number of thioether (sulfide) groups is 1. The molecule has 0 amide bonds. The number of ether oxygens (including phenoxy) is 1. The minimum atomic E-state index is -0.242. The molecule has 0 saturated heterocycles. The fourth-order valence-corrected chi connectivity index (χ4v) is 1.31. The lowest BCUT2D eigenvalue weighted by Gasteiger charge is -2.02. The molecular formula is C10H12O2S. The molecule has 0 heterocycles. The molecule has 2 nitrogen and oxygen atoms in total. The van der Waals surface area contributed by atoms with E-state index in [1.165, 1.54) is 11.8 Å². The monoisotopic (exact) mass is 196 g/mol. The summed E-state index contributed by atoms with van der Waals surface area (Å²) < 4.78 is 4.86. The number of carbonyl (C=O) groups is 1. The van der Waals surface area contributed by atoms with Crippen LogP contribution >= 0.6 is 11.8 Å². The Morgan fingerprint density at radius 3 is 2.46 bits per heavy atom. The van der Waals surface area contributed by atoms with Crippen LogP contribution in [0.2, 0.25) is 0 Å². The van der Waals surface area contributed by atoms with Crippen LogP contribution in [0.25, 0.3) is 0 Å². The summed E-state index contributed by atoms with van der Waals surface area (Å²) in [6, 6.07) is 7.97. The van der Waals surface area contributed by atoms with Gasteiger partial charge in [-0.2, -0.15) is 0 Å². The van der Waals surface area contributed by atoms with E-state index in [0.717, 1.165) is 5.56 Å². The molecule has 13 heavy (non-hydrogen) atoms. The van der Waals surface area contributed by atoms with E-state index in [2.05, 4.69) is 0 Å². The molecule has 1 rings (SSSR count). The summed E-state index contributed by atoms with van der Waals surface area (Å²) in [7, 11) is 0. The largest absolute Gasteiger partial charge is 0.461 e. The van der Waals surface area contributed by atoms with Crippen LogP contribution in [0.15, 0.2) is 29.2 Å². The van der Waals surface area contributed by atoms with Gasteiger partial charge in [0.1, 0.15) is 6.61 Å². The number of hydrogen-bond donors (Lipinski definition) is 0. The van der Waals surface area contributed by atoms with Gasteiger partial charge in [-0.15, -0.1) is 11.8 Å². The fourth-order valence-electron chi connectivity index (χ4n) is 0.907. The minimum absolute atomic E-state index is 0.242. The lowest BCUT2D eigenvalue weighted by Crippen LogP contribution is -1.98. The number of benzene rings is 1. The highest BCUT2D eigenvalue weighted by Gasteiger charge is 1.96. The average Bonchev–Trinajstić information content (AvgIpc) is 2.15. The highest BCUT2D eigenvalue weighted by molar-refractivity contribution is 7.98. The predicted octanol–water partition coefficient (Wildman–Crippen LogP) is 2.47. The van der Waals surface area contributed by atoms with E-state index in [-0.39, 0.29) is 5.97 Å². The van der Waals surface area contributed by atoms with Crippen LogP contribution in [0.4, 0.5) is 0 Å². The number of rotatable bonds is 3. The summed E-state index contributed by atoms with van der Waals surface area (Å²) in [6.45, 7) is 1.78. The second kappa shape index (κ2) is 4.92. The molecule has 3 heteroatoms. The lowest BCUT2D eigenvalue weighted by molar-refractivity contribution is -0.142. The summed E-state index contributed by atoms with van der Waals surface area (Å²) in [5.41, 5.74) is 1.02. The first kappa shape index (κ1) is 10.1. The maximum absolute atomic E-state index is 10.5. The van der Waals surface area contributed by atoms with Gasteiger partial charge in [-0.1, -0.05) is 12.1 Å². The van der Waals surface area contributed by atoms with Gasteiger partial charge in [0, 0.05) is 11.8 Å². The van der Waals surface area contributed by atoms with E-state index in [0.29, 0.717) is 6.61 Å². The fraction of sp³-hybridized carbons (Fsp3) is 0.300. The molecule has 0 aliphatic carbocycles. The van der Waals surface area contributed by atoms with Gasteiger partial charge in [0.05, 0.1) is 0 Å². The molecule has 0 bridgehead atoms. The van der Waals surface area contributed by atoms with Crippen molar-refractivity contribution in [2.45, 2.75) is 18.4 Å². The standard InChI is InChI=1S/C10H12O2S/c1-8(11)12-7-9-3-5-10(13-2)6-4-9/h3-6H,7H2,1-2H3. The zero-order valence-corrected chi connectivity index (χ0v) is 8.56.